The van der Waals surface area contributed by atoms with Gasteiger partial charge in [-0.05, 0) is 104 Å². The number of hydrogen-bond acceptors (Lipinski definition) is 13. The zero-order valence-electron chi connectivity index (χ0n) is 30.2. The Morgan fingerprint density at radius 1 is 0.655 bits per heavy atom. The molecule has 0 atom stereocenters. The highest BCUT2D eigenvalue weighted by atomic mass is 16.5. The molecule has 4 aromatic carbocycles. The van der Waals surface area contributed by atoms with Crippen LogP contribution < -0.4 is 24.6 Å². The lowest BCUT2D eigenvalue weighted by atomic mass is 10.1. The molecule has 5 aromatic rings. The van der Waals surface area contributed by atoms with Gasteiger partial charge in [0.25, 0.3) is 0 Å². The number of carbonyl (C=O) groups is 4. The van der Waals surface area contributed by atoms with E-state index in [-0.39, 0.29) is 35.8 Å². The van der Waals surface area contributed by atoms with E-state index in [2.05, 4.69) is 18.1 Å². The number of ether oxygens (including phenoxy) is 6. The van der Waals surface area contributed by atoms with Crippen molar-refractivity contribution >= 4 is 34.8 Å². The molecular formula is C42H37NO12. The SMILES string of the molecule is C=CC(=O)OCCCOc1ccc(C(=O)Oc2ccc(-c3nc4cc(C)c(OC(=O)c5ccc(OCCCOC(=O)C=C)cc5)cc4c(=O)o3)cc2C)cc1. The van der Waals surface area contributed by atoms with Gasteiger partial charge in [-0.15, -0.1) is 0 Å². The molecule has 55 heavy (non-hydrogen) atoms. The van der Waals surface area contributed by atoms with Gasteiger partial charge in [0.05, 0.1) is 48.5 Å². The predicted molar refractivity (Wildman–Crippen MR) is 201 cm³/mol. The first kappa shape index (κ1) is 39.2. The van der Waals surface area contributed by atoms with Crippen LogP contribution in [0.4, 0.5) is 0 Å². The summed E-state index contributed by atoms with van der Waals surface area (Å²) in [6, 6.07) is 20.7. The van der Waals surface area contributed by atoms with Crippen LogP contribution in [-0.4, -0.2) is 55.3 Å². The molecule has 0 saturated heterocycles. The van der Waals surface area contributed by atoms with E-state index >= 15 is 0 Å². The van der Waals surface area contributed by atoms with Crippen molar-refractivity contribution in [2.75, 3.05) is 26.4 Å². The van der Waals surface area contributed by atoms with Gasteiger partial charge in [0, 0.05) is 30.6 Å². The summed E-state index contributed by atoms with van der Waals surface area (Å²) in [7, 11) is 0. The van der Waals surface area contributed by atoms with Gasteiger partial charge in [-0.1, -0.05) is 13.2 Å². The third kappa shape index (κ3) is 10.8. The molecule has 13 nitrogen and oxygen atoms in total. The van der Waals surface area contributed by atoms with E-state index < -0.39 is 29.5 Å². The van der Waals surface area contributed by atoms with Crippen LogP contribution in [0.2, 0.25) is 0 Å². The Balaban J connectivity index is 1.18. The van der Waals surface area contributed by atoms with Crippen LogP contribution in [0.3, 0.4) is 0 Å². The van der Waals surface area contributed by atoms with Gasteiger partial charge in [0.15, 0.2) is 0 Å². The minimum absolute atomic E-state index is 0.0529. The number of esters is 4. The molecule has 0 bridgehead atoms. The Hall–Kier alpha value is -7.02. The standard InChI is InChI=1S/C42H37NO12/c1-5-37(44)51-21-7-19-49-31-14-9-28(10-15-31)40(46)53-35-18-13-30(23-26(35)3)39-43-34-24-27(4)36(25-33(34)42(48)55-39)54-41(47)29-11-16-32(17-12-29)50-20-8-22-52-38(45)6-2/h5-6,9-18,23-25H,1-2,7-8,19-22H2,3-4H3. The molecule has 13 heteroatoms. The first-order valence-electron chi connectivity index (χ1n) is 17.1. The van der Waals surface area contributed by atoms with Gasteiger partial charge in [-0.3, -0.25) is 0 Å². The Labute approximate surface area is 315 Å². The molecule has 0 radical (unpaired) electrons. The first-order chi connectivity index (χ1) is 26.5. The maximum Gasteiger partial charge on any atom is 0.347 e. The van der Waals surface area contributed by atoms with E-state index in [4.69, 9.17) is 32.8 Å². The lowest BCUT2D eigenvalue weighted by molar-refractivity contribution is -0.138. The summed E-state index contributed by atoms with van der Waals surface area (Å²) in [6.07, 6.45) is 3.16. The summed E-state index contributed by atoms with van der Waals surface area (Å²) < 4.78 is 37.8. The van der Waals surface area contributed by atoms with Crippen molar-refractivity contribution in [2.24, 2.45) is 0 Å². The fourth-order valence-corrected chi connectivity index (χ4v) is 4.99. The summed E-state index contributed by atoms with van der Waals surface area (Å²) in [5.74, 6) is -0.628. The van der Waals surface area contributed by atoms with Gasteiger partial charge in [-0.25, -0.2) is 29.0 Å². The van der Waals surface area contributed by atoms with E-state index in [1.165, 1.54) is 6.07 Å². The van der Waals surface area contributed by atoms with Crippen molar-refractivity contribution in [3.05, 3.63) is 137 Å². The monoisotopic (exact) mass is 747 g/mol. The fraction of sp³-hybridized carbons (Fsp3) is 0.190. The molecule has 0 unspecified atom stereocenters. The van der Waals surface area contributed by atoms with Crippen LogP contribution in [0.1, 0.15) is 44.7 Å². The molecule has 5 rings (SSSR count). The Morgan fingerprint density at radius 2 is 1.16 bits per heavy atom. The molecule has 0 saturated carbocycles. The molecule has 0 amide bonds. The average molecular weight is 748 g/mol. The molecule has 0 N–H and O–H groups in total. The molecule has 1 heterocycles. The van der Waals surface area contributed by atoms with Gasteiger partial charge in [-0.2, -0.15) is 0 Å². The quantitative estimate of drug-likeness (QED) is 0.0417. The molecule has 0 fully saturated rings. The minimum atomic E-state index is -0.685. The van der Waals surface area contributed by atoms with Crippen LogP contribution in [0, 0.1) is 13.8 Å². The second kappa shape index (κ2) is 18.6. The number of fused-ring (bicyclic) bond motifs is 1. The summed E-state index contributed by atoms with van der Waals surface area (Å²) in [6.45, 7) is 11.2. The van der Waals surface area contributed by atoms with Crippen molar-refractivity contribution in [2.45, 2.75) is 26.7 Å². The minimum Gasteiger partial charge on any atom is -0.493 e. The molecule has 282 valence electrons. The molecule has 0 aliphatic heterocycles. The Bertz CT molecular complexity index is 2270. The highest BCUT2D eigenvalue weighted by Gasteiger charge is 2.17. The average Bonchev–Trinajstić information content (AvgIpc) is 3.19. The second-order valence-electron chi connectivity index (χ2n) is 11.9. The highest BCUT2D eigenvalue weighted by Crippen LogP contribution is 2.29. The Kier molecular flexibility index (Phi) is 13.3. The topological polar surface area (TPSA) is 167 Å². The van der Waals surface area contributed by atoms with Gasteiger partial charge >= 0.3 is 29.5 Å². The van der Waals surface area contributed by atoms with Crippen molar-refractivity contribution in [1.82, 2.24) is 4.98 Å². The molecule has 0 spiro atoms. The van der Waals surface area contributed by atoms with Gasteiger partial charge < -0.3 is 32.8 Å². The van der Waals surface area contributed by atoms with Crippen LogP contribution in [0.5, 0.6) is 23.0 Å². The Morgan fingerprint density at radius 3 is 1.67 bits per heavy atom. The number of rotatable bonds is 17. The normalized spacial score (nSPS) is 10.6. The van der Waals surface area contributed by atoms with E-state index in [0.29, 0.717) is 71.1 Å². The maximum atomic E-state index is 13.1. The number of hydrogen-bond donors (Lipinski definition) is 0. The predicted octanol–water partition coefficient (Wildman–Crippen LogP) is 6.91. The van der Waals surface area contributed by atoms with Crippen molar-refractivity contribution in [3.8, 4) is 34.5 Å². The number of aryl methyl sites for hydroxylation is 2. The van der Waals surface area contributed by atoms with Crippen LogP contribution in [0.15, 0.2) is 113 Å². The van der Waals surface area contributed by atoms with Crippen molar-refractivity contribution < 1.29 is 52.0 Å². The molecule has 0 aliphatic rings. The first-order valence-corrected chi connectivity index (χ1v) is 17.1. The van der Waals surface area contributed by atoms with Crippen molar-refractivity contribution in [3.63, 3.8) is 0 Å². The van der Waals surface area contributed by atoms with Gasteiger partial charge in [0.1, 0.15) is 23.0 Å². The second-order valence-corrected chi connectivity index (χ2v) is 11.9. The fourth-order valence-electron chi connectivity index (χ4n) is 4.99. The summed E-state index contributed by atoms with van der Waals surface area (Å²) in [4.78, 5) is 65.7. The zero-order chi connectivity index (χ0) is 39.3. The van der Waals surface area contributed by atoms with E-state index in [1.54, 1.807) is 86.6 Å². The van der Waals surface area contributed by atoms with Crippen molar-refractivity contribution in [1.29, 1.82) is 0 Å². The van der Waals surface area contributed by atoms with Gasteiger partial charge in [0.2, 0.25) is 5.89 Å². The van der Waals surface area contributed by atoms with Crippen LogP contribution >= 0.6 is 0 Å². The summed E-state index contributed by atoms with van der Waals surface area (Å²) in [5, 5.41) is 0.118. The highest BCUT2D eigenvalue weighted by molar-refractivity contribution is 5.93. The lowest BCUT2D eigenvalue weighted by Gasteiger charge is -2.11. The molecule has 0 aliphatic carbocycles. The number of nitrogens with zero attached hydrogens (tertiary/aromatic N) is 1. The molecule has 1 aromatic heterocycles. The van der Waals surface area contributed by atoms with Crippen LogP contribution in [-0.2, 0) is 19.1 Å². The number of benzene rings is 4. The third-order valence-electron chi connectivity index (χ3n) is 7.87. The smallest absolute Gasteiger partial charge is 0.347 e. The van der Waals surface area contributed by atoms with E-state index in [0.717, 1.165) is 12.2 Å². The summed E-state index contributed by atoms with van der Waals surface area (Å²) in [5.41, 5.74) is 1.85. The maximum absolute atomic E-state index is 13.1. The van der Waals surface area contributed by atoms with E-state index in [9.17, 15) is 24.0 Å². The molecular weight excluding hydrogens is 710 g/mol. The number of aromatic nitrogens is 1. The lowest BCUT2D eigenvalue weighted by Crippen LogP contribution is -2.11. The third-order valence-corrected chi connectivity index (χ3v) is 7.87. The van der Waals surface area contributed by atoms with Crippen LogP contribution in [0.25, 0.3) is 22.4 Å². The largest absolute Gasteiger partial charge is 0.493 e. The number of carbonyl (C=O) groups excluding carboxylic acids is 4. The van der Waals surface area contributed by atoms with E-state index in [1.807, 2.05) is 0 Å². The zero-order valence-corrected chi connectivity index (χ0v) is 30.2. The summed E-state index contributed by atoms with van der Waals surface area (Å²) >= 11 is 0.